The number of Topliss-reactive ketones (excluding diaryl/α,β-unsaturated/α-hetero) is 1. The third kappa shape index (κ3) is 3.16. The van der Waals surface area contributed by atoms with Gasteiger partial charge in [-0.05, 0) is 12.1 Å². The minimum atomic E-state index is -0.182. The summed E-state index contributed by atoms with van der Waals surface area (Å²) in [6.07, 6.45) is 0. The summed E-state index contributed by atoms with van der Waals surface area (Å²) in [4.78, 5) is 11.4. The van der Waals surface area contributed by atoms with Crippen molar-refractivity contribution in [2.45, 2.75) is 0 Å². The Morgan fingerprint density at radius 1 is 1.50 bits per heavy atom. The molecular weight excluding hydrogens is 184 g/mol. The number of aromatic hydroxyl groups is 1. The molecule has 0 fully saturated rings. The van der Waals surface area contributed by atoms with Crippen molar-refractivity contribution in [3.63, 3.8) is 0 Å². The van der Waals surface area contributed by atoms with Crippen molar-refractivity contribution in [3.8, 4) is 5.75 Å². The van der Waals surface area contributed by atoms with E-state index in [4.69, 9.17) is 9.84 Å². The molecule has 0 bridgehead atoms. The van der Waals surface area contributed by atoms with Crippen molar-refractivity contribution in [2.75, 3.05) is 20.5 Å². The zero-order valence-electron chi connectivity index (χ0n) is 7.90. The first-order chi connectivity index (χ1) is 6.74. The van der Waals surface area contributed by atoms with E-state index < -0.39 is 0 Å². The van der Waals surface area contributed by atoms with E-state index in [2.05, 4.69) is 4.74 Å². The van der Waals surface area contributed by atoms with Gasteiger partial charge in [-0.3, -0.25) is 4.79 Å². The first-order valence-corrected chi connectivity index (χ1v) is 4.13. The molecule has 0 amide bonds. The number of ketones is 1. The Hall–Kier alpha value is -1.39. The van der Waals surface area contributed by atoms with Gasteiger partial charge in [0.1, 0.15) is 19.1 Å². The Morgan fingerprint density at radius 2 is 2.29 bits per heavy atom. The number of methoxy groups -OCH3 is 1. The standard InChI is InChI=1S/C10H12O4/c1-13-7-14-6-10(12)8-3-2-4-9(11)5-8/h2-5,11H,6-7H2,1H3. The van der Waals surface area contributed by atoms with E-state index >= 15 is 0 Å². The van der Waals surface area contributed by atoms with E-state index in [1.165, 1.54) is 19.2 Å². The fraction of sp³-hybridized carbons (Fsp3) is 0.300. The van der Waals surface area contributed by atoms with Crippen molar-refractivity contribution in [3.05, 3.63) is 29.8 Å². The van der Waals surface area contributed by atoms with Gasteiger partial charge >= 0.3 is 0 Å². The van der Waals surface area contributed by atoms with E-state index in [1.54, 1.807) is 12.1 Å². The van der Waals surface area contributed by atoms with Crippen LogP contribution in [0.1, 0.15) is 10.4 Å². The molecule has 4 nitrogen and oxygen atoms in total. The largest absolute Gasteiger partial charge is 0.508 e. The topological polar surface area (TPSA) is 55.8 Å². The van der Waals surface area contributed by atoms with Crippen LogP contribution in [0.4, 0.5) is 0 Å². The second-order valence-corrected chi connectivity index (χ2v) is 2.73. The van der Waals surface area contributed by atoms with Crippen LogP contribution < -0.4 is 0 Å². The van der Waals surface area contributed by atoms with E-state index in [0.717, 1.165) is 0 Å². The quantitative estimate of drug-likeness (QED) is 0.436. The number of benzene rings is 1. The van der Waals surface area contributed by atoms with Gasteiger partial charge in [-0.15, -0.1) is 0 Å². The zero-order chi connectivity index (χ0) is 10.4. The van der Waals surface area contributed by atoms with Crippen LogP contribution >= 0.6 is 0 Å². The predicted molar refractivity (Wildman–Crippen MR) is 50.3 cm³/mol. The van der Waals surface area contributed by atoms with Gasteiger partial charge in [0.25, 0.3) is 0 Å². The first-order valence-electron chi connectivity index (χ1n) is 4.13. The average molecular weight is 196 g/mol. The Morgan fingerprint density at radius 3 is 2.93 bits per heavy atom. The molecule has 4 heteroatoms. The number of phenolic OH excluding ortho intramolecular Hbond substituents is 1. The summed E-state index contributed by atoms with van der Waals surface area (Å²) in [5, 5.41) is 9.12. The number of ether oxygens (including phenoxy) is 2. The number of carbonyl (C=O) groups is 1. The van der Waals surface area contributed by atoms with Gasteiger partial charge in [0.05, 0.1) is 0 Å². The minimum Gasteiger partial charge on any atom is -0.508 e. The summed E-state index contributed by atoms with van der Waals surface area (Å²) in [6.45, 7) is 0.0435. The molecule has 1 aromatic carbocycles. The van der Waals surface area contributed by atoms with Crippen LogP contribution in [0, 0.1) is 0 Å². The van der Waals surface area contributed by atoms with Crippen LogP contribution in [0.3, 0.4) is 0 Å². The van der Waals surface area contributed by atoms with Crippen LogP contribution in [0.15, 0.2) is 24.3 Å². The summed E-state index contributed by atoms with van der Waals surface area (Å²) in [5.41, 5.74) is 0.432. The molecule has 0 aliphatic heterocycles. The lowest BCUT2D eigenvalue weighted by atomic mass is 10.1. The van der Waals surface area contributed by atoms with Gasteiger partial charge in [-0.2, -0.15) is 0 Å². The Labute approximate surface area is 82.1 Å². The molecule has 0 aliphatic rings. The molecule has 0 spiro atoms. The zero-order valence-corrected chi connectivity index (χ0v) is 7.90. The van der Waals surface area contributed by atoms with Crippen LogP contribution in [0.2, 0.25) is 0 Å². The van der Waals surface area contributed by atoms with Crippen LogP contribution in [-0.2, 0) is 9.47 Å². The molecule has 0 saturated carbocycles. The van der Waals surface area contributed by atoms with Crippen molar-refractivity contribution in [1.29, 1.82) is 0 Å². The molecule has 0 atom stereocenters. The van der Waals surface area contributed by atoms with Crippen molar-refractivity contribution in [2.24, 2.45) is 0 Å². The summed E-state index contributed by atoms with van der Waals surface area (Å²) in [6, 6.07) is 6.14. The maximum atomic E-state index is 11.4. The smallest absolute Gasteiger partial charge is 0.188 e. The summed E-state index contributed by atoms with van der Waals surface area (Å²) >= 11 is 0. The molecule has 76 valence electrons. The third-order valence-corrected chi connectivity index (χ3v) is 1.60. The molecule has 1 aromatic rings. The van der Waals surface area contributed by atoms with Gasteiger partial charge in [-0.1, -0.05) is 12.1 Å². The highest BCUT2D eigenvalue weighted by Crippen LogP contribution is 2.11. The van der Waals surface area contributed by atoms with E-state index in [1.807, 2.05) is 0 Å². The highest BCUT2D eigenvalue weighted by atomic mass is 16.7. The third-order valence-electron chi connectivity index (χ3n) is 1.60. The lowest BCUT2D eigenvalue weighted by Crippen LogP contribution is -2.10. The molecule has 1 rings (SSSR count). The summed E-state index contributed by atoms with van der Waals surface area (Å²) in [5.74, 6) is -0.111. The molecule has 0 unspecified atom stereocenters. The molecule has 0 aromatic heterocycles. The molecule has 1 N–H and O–H groups in total. The van der Waals surface area contributed by atoms with Gasteiger partial charge in [0, 0.05) is 12.7 Å². The lowest BCUT2D eigenvalue weighted by Gasteiger charge is -2.02. The molecule has 0 saturated heterocycles. The van der Waals surface area contributed by atoms with Crippen molar-refractivity contribution < 1.29 is 19.4 Å². The minimum absolute atomic E-state index is 0.0444. The maximum absolute atomic E-state index is 11.4. The average Bonchev–Trinajstić information content (AvgIpc) is 2.18. The molecule has 0 heterocycles. The fourth-order valence-corrected chi connectivity index (χ4v) is 0.980. The monoisotopic (exact) mass is 196 g/mol. The lowest BCUT2D eigenvalue weighted by molar-refractivity contribution is -0.0237. The van der Waals surface area contributed by atoms with Crippen molar-refractivity contribution in [1.82, 2.24) is 0 Å². The highest BCUT2D eigenvalue weighted by molar-refractivity contribution is 5.97. The number of rotatable bonds is 5. The van der Waals surface area contributed by atoms with Gasteiger partial charge < -0.3 is 14.6 Å². The summed E-state index contributed by atoms with van der Waals surface area (Å²) in [7, 11) is 1.48. The van der Waals surface area contributed by atoms with E-state index in [-0.39, 0.29) is 24.9 Å². The number of hydrogen-bond donors (Lipinski definition) is 1. The molecule has 0 aliphatic carbocycles. The first kappa shape index (κ1) is 10.7. The van der Waals surface area contributed by atoms with E-state index in [9.17, 15) is 4.79 Å². The van der Waals surface area contributed by atoms with Crippen LogP contribution in [0.5, 0.6) is 5.75 Å². The van der Waals surface area contributed by atoms with Crippen molar-refractivity contribution >= 4 is 5.78 Å². The second kappa shape index (κ2) is 5.36. The van der Waals surface area contributed by atoms with Crippen LogP contribution in [0.25, 0.3) is 0 Å². The molecular formula is C10H12O4. The van der Waals surface area contributed by atoms with Crippen LogP contribution in [-0.4, -0.2) is 31.4 Å². The Bertz CT molecular complexity index is 309. The van der Waals surface area contributed by atoms with Gasteiger partial charge in [0.2, 0.25) is 0 Å². The number of phenols is 1. The second-order valence-electron chi connectivity index (χ2n) is 2.73. The Kier molecular flexibility index (Phi) is 4.10. The van der Waals surface area contributed by atoms with Gasteiger partial charge in [-0.25, -0.2) is 0 Å². The molecule has 0 radical (unpaired) electrons. The maximum Gasteiger partial charge on any atom is 0.188 e. The van der Waals surface area contributed by atoms with Gasteiger partial charge in [0.15, 0.2) is 5.78 Å². The summed E-state index contributed by atoms with van der Waals surface area (Å²) < 4.78 is 9.51. The highest BCUT2D eigenvalue weighted by Gasteiger charge is 2.05. The SMILES string of the molecule is COCOCC(=O)c1cccc(O)c1. The fourth-order valence-electron chi connectivity index (χ4n) is 0.980. The normalized spacial score (nSPS) is 10.1. The van der Waals surface area contributed by atoms with E-state index in [0.29, 0.717) is 5.56 Å². The Balaban J connectivity index is 2.52. The predicted octanol–water partition coefficient (Wildman–Crippen LogP) is 1.20. The molecule has 14 heavy (non-hydrogen) atoms. The number of carbonyl (C=O) groups excluding carboxylic acids is 1. The number of hydrogen-bond acceptors (Lipinski definition) is 4.